The normalized spacial score (nSPS) is 23.6. The fourth-order valence-corrected chi connectivity index (χ4v) is 4.20. The standard InChI is InChI=1S/C21H33N3O/c1-15(18-11-10-17-7-4-5-8-19(17)13-18)23-21(25)16(2)24-12-6-9-20(14-24)22-3/h10-11,13,15-16,20,22H,4-9,12,14H2,1-3H3,(H,23,25). The summed E-state index contributed by atoms with van der Waals surface area (Å²) in [7, 11) is 2.01. The van der Waals surface area contributed by atoms with E-state index in [0.29, 0.717) is 6.04 Å². The topological polar surface area (TPSA) is 44.4 Å². The Morgan fingerprint density at radius 2 is 1.92 bits per heavy atom. The number of likely N-dealkylation sites (N-methyl/N-ethyl adjacent to an activating group) is 1. The van der Waals surface area contributed by atoms with Gasteiger partial charge in [0.05, 0.1) is 12.1 Å². The molecule has 1 aliphatic heterocycles. The average molecular weight is 344 g/mol. The van der Waals surface area contributed by atoms with Gasteiger partial charge in [-0.25, -0.2) is 0 Å². The summed E-state index contributed by atoms with van der Waals surface area (Å²) in [6.45, 7) is 6.10. The van der Waals surface area contributed by atoms with Gasteiger partial charge in [0.25, 0.3) is 0 Å². The van der Waals surface area contributed by atoms with Crippen LogP contribution >= 0.6 is 0 Å². The van der Waals surface area contributed by atoms with E-state index in [4.69, 9.17) is 0 Å². The van der Waals surface area contributed by atoms with Crippen molar-refractivity contribution in [2.75, 3.05) is 20.1 Å². The van der Waals surface area contributed by atoms with Crippen molar-refractivity contribution in [2.24, 2.45) is 0 Å². The number of nitrogens with zero attached hydrogens (tertiary/aromatic N) is 1. The van der Waals surface area contributed by atoms with E-state index in [-0.39, 0.29) is 18.0 Å². The van der Waals surface area contributed by atoms with Crippen molar-refractivity contribution in [2.45, 2.75) is 70.5 Å². The molecule has 4 heteroatoms. The molecule has 0 spiro atoms. The van der Waals surface area contributed by atoms with Gasteiger partial charge in [0, 0.05) is 12.6 Å². The van der Waals surface area contributed by atoms with Crippen LogP contribution in [0.2, 0.25) is 0 Å². The first-order valence-electron chi connectivity index (χ1n) is 9.92. The molecule has 138 valence electrons. The third-order valence-corrected chi connectivity index (χ3v) is 6.02. The highest BCUT2D eigenvalue weighted by molar-refractivity contribution is 5.81. The van der Waals surface area contributed by atoms with Gasteiger partial charge in [-0.2, -0.15) is 0 Å². The number of nitrogens with one attached hydrogen (secondary N) is 2. The lowest BCUT2D eigenvalue weighted by Gasteiger charge is -2.36. The van der Waals surface area contributed by atoms with Crippen LogP contribution in [-0.4, -0.2) is 43.0 Å². The summed E-state index contributed by atoms with van der Waals surface area (Å²) in [5.41, 5.74) is 4.20. The first-order valence-corrected chi connectivity index (χ1v) is 9.92. The molecule has 1 fully saturated rings. The SMILES string of the molecule is CNC1CCCN(C(C)C(=O)NC(C)c2ccc3c(c2)CCCC3)C1. The third-order valence-electron chi connectivity index (χ3n) is 6.02. The second kappa shape index (κ2) is 8.33. The van der Waals surface area contributed by atoms with Crippen molar-refractivity contribution >= 4 is 5.91 Å². The second-order valence-electron chi connectivity index (χ2n) is 7.76. The molecular weight excluding hydrogens is 310 g/mol. The van der Waals surface area contributed by atoms with Crippen LogP contribution in [0.15, 0.2) is 18.2 Å². The molecule has 1 heterocycles. The minimum Gasteiger partial charge on any atom is -0.348 e. The van der Waals surface area contributed by atoms with E-state index in [0.717, 1.165) is 19.5 Å². The predicted molar refractivity (Wildman–Crippen MR) is 103 cm³/mol. The van der Waals surface area contributed by atoms with Gasteiger partial charge in [-0.15, -0.1) is 0 Å². The van der Waals surface area contributed by atoms with E-state index in [1.165, 1.54) is 48.8 Å². The summed E-state index contributed by atoms with van der Waals surface area (Å²) >= 11 is 0. The molecule has 25 heavy (non-hydrogen) atoms. The molecule has 0 saturated carbocycles. The number of carbonyl (C=O) groups is 1. The number of benzene rings is 1. The zero-order chi connectivity index (χ0) is 17.8. The smallest absolute Gasteiger partial charge is 0.237 e. The fraction of sp³-hybridized carbons (Fsp3) is 0.667. The Morgan fingerprint density at radius 1 is 1.16 bits per heavy atom. The molecule has 0 bridgehead atoms. The summed E-state index contributed by atoms with van der Waals surface area (Å²) in [5, 5.41) is 6.58. The molecule has 1 amide bonds. The number of likely N-dealkylation sites (tertiary alicyclic amines) is 1. The van der Waals surface area contributed by atoms with Crippen molar-refractivity contribution in [3.05, 3.63) is 34.9 Å². The quantitative estimate of drug-likeness (QED) is 0.864. The van der Waals surface area contributed by atoms with Crippen LogP contribution in [0.1, 0.15) is 62.3 Å². The van der Waals surface area contributed by atoms with Crippen molar-refractivity contribution in [3.63, 3.8) is 0 Å². The summed E-state index contributed by atoms with van der Waals surface area (Å²) in [6.07, 6.45) is 7.33. The highest BCUT2D eigenvalue weighted by Crippen LogP contribution is 2.25. The van der Waals surface area contributed by atoms with E-state index in [1.54, 1.807) is 0 Å². The van der Waals surface area contributed by atoms with E-state index in [9.17, 15) is 4.79 Å². The summed E-state index contributed by atoms with van der Waals surface area (Å²) in [4.78, 5) is 15.0. The summed E-state index contributed by atoms with van der Waals surface area (Å²) < 4.78 is 0. The lowest BCUT2D eigenvalue weighted by molar-refractivity contribution is -0.127. The minimum absolute atomic E-state index is 0.0621. The molecule has 1 aromatic carbocycles. The third kappa shape index (κ3) is 4.42. The number of piperidine rings is 1. The van der Waals surface area contributed by atoms with Gasteiger partial charge in [-0.1, -0.05) is 18.2 Å². The number of aryl methyl sites for hydroxylation is 2. The Morgan fingerprint density at radius 3 is 2.68 bits per heavy atom. The van der Waals surface area contributed by atoms with Crippen molar-refractivity contribution in [1.82, 2.24) is 15.5 Å². The Bertz CT molecular complexity index is 601. The van der Waals surface area contributed by atoms with E-state index in [2.05, 4.69) is 40.7 Å². The largest absolute Gasteiger partial charge is 0.348 e. The molecule has 2 N–H and O–H groups in total. The van der Waals surface area contributed by atoms with E-state index < -0.39 is 0 Å². The molecule has 1 saturated heterocycles. The highest BCUT2D eigenvalue weighted by atomic mass is 16.2. The van der Waals surface area contributed by atoms with Crippen LogP contribution in [0.4, 0.5) is 0 Å². The van der Waals surface area contributed by atoms with Crippen LogP contribution in [0.5, 0.6) is 0 Å². The molecule has 4 nitrogen and oxygen atoms in total. The van der Waals surface area contributed by atoms with Gasteiger partial charge in [0.1, 0.15) is 0 Å². The maximum absolute atomic E-state index is 12.7. The number of fused-ring (bicyclic) bond motifs is 1. The maximum Gasteiger partial charge on any atom is 0.237 e. The number of rotatable bonds is 5. The van der Waals surface area contributed by atoms with E-state index in [1.807, 2.05) is 14.0 Å². The zero-order valence-electron chi connectivity index (χ0n) is 16.0. The van der Waals surface area contributed by atoms with Crippen molar-refractivity contribution in [1.29, 1.82) is 0 Å². The van der Waals surface area contributed by atoms with Crippen LogP contribution in [0, 0.1) is 0 Å². The zero-order valence-corrected chi connectivity index (χ0v) is 16.0. The predicted octanol–water partition coefficient (Wildman–Crippen LogP) is 2.81. The van der Waals surface area contributed by atoms with Gasteiger partial charge in [-0.05, 0) is 82.7 Å². The van der Waals surface area contributed by atoms with Gasteiger partial charge in [0.2, 0.25) is 5.91 Å². The molecular formula is C21H33N3O. The van der Waals surface area contributed by atoms with Gasteiger partial charge in [0.15, 0.2) is 0 Å². The van der Waals surface area contributed by atoms with Crippen LogP contribution < -0.4 is 10.6 Å². The Balaban J connectivity index is 1.60. The van der Waals surface area contributed by atoms with Crippen LogP contribution in [0.25, 0.3) is 0 Å². The van der Waals surface area contributed by atoms with Gasteiger partial charge >= 0.3 is 0 Å². The highest BCUT2D eigenvalue weighted by Gasteiger charge is 2.27. The number of amides is 1. The molecule has 0 radical (unpaired) electrons. The summed E-state index contributed by atoms with van der Waals surface area (Å²) in [5.74, 6) is 0.141. The summed E-state index contributed by atoms with van der Waals surface area (Å²) in [6, 6.07) is 7.25. The van der Waals surface area contributed by atoms with Gasteiger partial charge < -0.3 is 10.6 Å². The Hall–Kier alpha value is -1.39. The number of hydrogen-bond acceptors (Lipinski definition) is 3. The molecule has 1 aliphatic carbocycles. The number of hydrogen-bond donors (Lipinski definition) is 2. The lowest BCUT2D eigenvalue weighted by Crippen LogP contribution is -2.52. The lowest BCUT2D eigenvalue weighted by atomic mass is 9.89. The second-order valence-corrected chi connectivity index (χ2v) is 7.76. The Labute approximate surface area is 152 Å². The molecule has 1 aromatic rings. The molecule has 2 aliphatic rings. The average Bonchev–Trinajstić information content (AvgIpc) is 2.66. The van der Waals surface area contributed by atoms with Crippen LogP contribution in [-0.2, 0) is 17.6 Å². The molecule has 3 unspecified atom stereocenters. The number of carbonyl (C=O) groups excluding carboxylic acids is 1. The molecule has 0 aromatic heterocycles. The Kier molecular flexibility index (Phi) is 6.13. The molecule has 3 atom stereocenters. The van der Waals surface area contributed by atoms with E-state index >= 15 is 0 Å². The van der Waals surface area contributed by atoms with Crippen LogP contribution in [0.3, 0.4) is 0 Å². The molecule has 3 rings (SSSR count). The fourth-order valence-electron chi connectivity index (χ4n) is 4.20. The minimum atomic E-state index is -0.0729. The maximum atomic E-state index is 12.7. The first-order chi connectivity index (χ1) is 12.1. The monoisotopic (exact) mass is 343 g/mol. The van der Waals surface area contributed by atoms with Gasteiger partial charge in [-0.3, -0.25) is 9.69 Å². The van der Waals surface area contributed by atoms with Crippen molar-refractivity contribution < 1.29 is 4.79 Å². The van der Waals surface area contributed by atoms with Crippen molar-refractivity contribution in [3.8, 4) is 0 Å². The first kappa shape index (κ1) is 18.4.